The second kappa shape index (κ2) is 55.0. The molecule has 73 heavy (non-hydrogen) atoms. The fourth-order valence-electron chi connectivity index (χ4n) is 9.19. The summed E-state index contributed by atoms with van der Waals surface area (Å²) < 4.78 is 23.5. The molecule has 0 aliphatic carbocycles. The number of rotatable bonds is 57. The van der Waals surface area contributed by atoms with Gasteiger partial charge in [-0.3, -0.25) is 9.36 Å². The van der Waals surface area contributed by atoms with Gasteiger partial charge in [0, 0.05) is 6.42 Å². The molecular weight excluding hydrogens is 924 g/mol. The summed E-state index contributed by atoms with van der Waals surface area (Å²) in [6.07, 6.45) is 74.0. The highest BCUT2D eigenvalue weighted by Gasteiger charge is 2.24. The van der Waals surface area contributed by atoms with Crippen LogP contribution in [0.2, 0.25) is 0 Å². The second-order valence-corrected chi connectivity index (χ2v) is 23.8. The lowest BCUT2D eigenvalue weighted by Crippen LogP contribution is -2.46. The summed E-state index contributed by atoms with van der Waals surface area (Å²) in [4.78, 5) is 25.6. The van der Waals surface area contributed by atoms with E-state index in [9.17, 15) is 19.4 Å². The van der Waals surface area contributed by atoms with E-state index in [1.54, 1.807) is 0 Å². The maximum absolute atomic E-state index is 13.0. The molecule has 9 heteroatoms. The molecule has 0 radical (unpaired) electrons. The van der Waals surface area contributed by atoms with Crippen molar-refractivity contribution < 1.29 is 32.9 Å². The Morgan fingerprint density at radius 1 is 0.493 bits per heavy atom. The number of carbonyl (C=O) groups is 1. The molecule has 0 aromatic carbocycles. The number of nitrogens with zero attached hydrogens (tertiary/aromatic N) is 1. The molecule has 1 amide bonds. The number of nitrogens with one attached hydrogen (secondary N) is 1. The number of quaternary nitrogens is 1. The normalized spacial score (nSPS) is 14.2. The largest absolute Gasteiger partial charge is 0.756 e. The molecule has 0 spiro atoms. The number of likely N-dealkylation sites (N-methyl/N-ethyl adjacent to an activating group) is 1. The third-order valence-corrected chi connectivity index (χ3v) is 15.0. The van der Waals surface area contributed by atoms with Crippen LogP contribution in [-0.4, -0.2) is 68.5 Å². The van der Waals surface area contributed by atoms with E-state index in [-0.39, 0.29) is 19.1 Å². The molecule has 2 N–H and O–H groups in total. The van der Waals surface area contributed by atoms with Crippen molar-refractivity contribution in [3.05, 3.63) is 60.8 Å². The average molecular weight is 1050 g/mol. The molecule has 0 fully saturated rings. The molecule has 3 atom stereocenters. The van der Waals surface area contributed by atoms with Gasteiger partial charge in [0.1, 0.15) is 13.2 Å². The Morgan fingerprint density at radius 3 is 1.22 bits per heavy atom. The van der Waals surface area contributed by atoms with Crippen LogP contribution in [0.25, 0.3) is 0 Å². The van der Waals surface area contributed by atoms with Crippen molar-refractivity contribution in [3.8, 4) is 0 Å². The van der Waals surface area contributed by atoms with Crippen LogP contribution in [0.5, 0.6) is 0 Å². The number of allylic oxidation sites excluding steroid dienone is 10. The Kier molecular flexibility index (Phi) is 53.6. The molecule has 0 aliphatic rings. The summed E-state index contributed by atoms with van der Waals surface area (Å²) in [5.74, 6) is -0.164. The molecule has 8 nitrogen and oxygen atoms in total. The smallest absolute Gasteiger partial charge is 0.268 e. The number of aliphatic hydroxyl groups is 1. The van der Waals surface area contributed by atoms with Crippen LogP contribution in [0.15, 0.2) is 60.8 Å². The first-order chi connectivity index (χ1) is 35.5. The third kappa shape index (κ3) is 57.7. The van der Waals surface area contributed by atoms with Crippen LogP contribution >= 0.6 is 7.82 Å². The van der Waals surface area contributed by atoms with Gasteiger partial charge in [0.15, 0.2) is 0 Å². The Morgan fingerprint density at radius 2 is 0.836 bits per heavy atom. The Labute approximate surface area is 453 Å². The van der Waals surface area contributed by atoms with Crippen LogP contribution in [-0.2, 0) is 18.4 Å². The summed E-state index contributed by atoms with van der Waals surface area (Å²) in [6.45, 7) is 4.64. The maximum Gasteiger partial charge on any atom is 0.268 e. The topological polar surface area (TPSA) is 108 Å². The van der Waals surface area contributed by atoms with Gasteiger partial charge in [0.2, 0.25) is 5.91 Å². The van der Waals surface area contributed by atoms with Gasteiger partial charge in [-0.25, -0.2) is 0 Å². The highest BCUT2D eigenvalue weighted by Crippen LogP contribution is 2.38. The summed E-state index contributed by atoms with van der Waals surface area (Å²) in [6, 6.07) is -0.804. The van der Waals surface area contributed by atoms with E-state index in [0.717, 1.165) is 70.6 Å². The van der Waals surface area contributed by atoms with E-state index >= 15 is 0 Å². The zero-order valence-corrected chi connectivity index (χ0v) is 49.7. The Bertz CT molecular complexity index is 1370. The third-order valence-electron chi connectivity index (χ3n) is 14.0. The molecule has 3 unspecified atom stereocenters. The summed E-state index contributed by atoms with van der Waals surface area (Å²) >= 11 is 0. The monoisotopic (exact) mass is 1040 g/mol. The van der Waals surface area contributed by atoms with Crippen LogP contribution in [0.4, 0.5) is 0 Å². The number of amides is 1. The van der Waals surface area contributed by atoms with Crippen molar-refractivity contribution in [1.29, 1.82) is 0 Å². The second-order valence-electron chi connectivity index (χ2n) is 22.4. The Hall–Kier alpha value is -1.80. The van der Waals surface area contributed by atoms with Gasteiger partial charge in [-0.2, -0.15) is 0 Å². The fourth-order valence-corrected chi connectivity index (χ4v) is 9.91. The molecule has 0 heterocycles. The van der Waals surface area contributed by atoms with Crippen molar-refractivity contribution in [2.75, 3.05) is 40.9 Å². The predicted molar refractivity (Wildman–Crippen MR) is 316 cm³/mol. The quantitative estimate of drug-likeness (QED) is 0.0272. The SMILES string of the molecule is CC/C=C\C/C=C\C/C=C\C/C=C\C/C=C\CCCCCCCCCCCCCCCC(=O)NC(COP(=O)([O-])OCC[N+](C)(C)C)C(O)CCCCCCCCCCCCCCCCCCCCCCCC. The summed E-state index contributed by atoms with van der Waals surface area (Å²) in [5, 5.41) is 14.1. The molecule has 0 saturated heterocycles. The van der Waals surface area contributed by atoms with Gasteiger partial charge in [-0.15, -0.1) is 0 Å². The van der Waals surface area contributed by atoms with Gasteiger partial charge in [-0.05, 0) is 57.8 Å². The van der Waals surface area contributed by atoms with Crippen LogP contribution in [0, 0.1) is 0 Å². The molecular formula is C64H121N2O6P. The average Bonchev–Trinajstić information content (AvgIpc) is 3.35. The molecule has 0 saturated carbocycles. The first-order valence-corrected chi connectivity index (χ1v) is 32.6. The van der Waals surface area contributed by atoms with E-state index < -0.39 is 20.0 Å². The van der Waals surface area contributed by atoms with Gasteiger partial charge in [0.05, 0.1) is 39.9 Å². The number of phosphoric ester groups is 1. The lowest BCUT2D eigenvalue weighted by Gasteiger charge is -2.30. The number of carbonyl (C=O) groups excluding carboxylic acids is 1. The molecule has 0 aromatic heterocycles. The van der Waals surface area contributed by atoms with Crippen molar-refractivity contribution in [1.82, 2.24) is 5.32 Å². The lowest BCUT2D eigenvalue weighted by atomic mass is 10.0. The number of unbranched alkanes of at least 4 members (excludes halogenated alkanes) is 34. The minimum Gasteiger partial charge on any atom is -0.756 e. The maximum atomic E-state index is 13.0. The number of phosphoric acid groups is 1. The highest BCUT2D eigenvalue weighted by atomic mass is 31.2. The predicted octanol–water partition coefficient (Wildman–Crippen LogP) is 18.6. The molecule has 428 valence electrons. The summed E-state index contributed by atoms with van der Waals surface area (Å²) in [7, 11) is 1.31. The fraction of sp³-hybridized carbons (Fsp3) is 0.828. The number of hydrogen-bond acceptors (Lipinski definition) is 6. The zero-order valence-electron chi connectivity index (χ0n) is 48.8. The van der Waals surface area contributed by atoms with Crippen molar-refractivity contribution in [3.63, 3.8) is 0 Å². The lowest BCUT2D eigenvalue weighted by molar-refractivity contribution is -0.870. The number of aliphatic hydroxyl groups excluding tert-OH is 1. The van der Waals surface area contributed by atoms with E-state index in [1.165, 1.54) is 193 Å². The zero-order chi connectivity index (χ0) is 53.5. The Balaban J connectivity index is 4.11. The van der Waals surface area contributed by atoms with Gasteiger partial charge in [0.25, 0.3) is 7.82 Å². The molecule has 0 bridgehead atoms. The van der Waals surface area contributed by atoms with Gasteiger partial charge < -0.3 is 28.8 Å². The van der Waals surface area contributed by atoms with E-state index in [0.29, 0.717) is 23.9 Å². The minimum absolute atomic E-state index is 0.0112. The first-order valence-electron chi connectivity index (χ1n) is 31.1. The minimum atomic E-state index is -4.58. The van der Waals surface area contributed by atoms with E-state index in [1.807, 2.05) is 21.1 Å². The van der Waals surface area contributed by atoms with Crippen molar-refractivity contribution in [2.24, 2.45) is 0 Å². The molecule has 0 aromatic rings. The number of hydrogen-bond donors (Lipinski definition) is 2. The highest BCUT2D eigenvalue weighted by molar-refractivity contribution is 7.45. The standard InChI is InChI=1S/C64H121N2O6P/c1-6-8-10-12-14-16-18-20-22-24-26-28-30-31-32-33-34-35-36-38-40-42-44-46-48-50-52-54-56-58-64(68)65-62(61-72-73(69,70)71-60-59-66(3,4)5)63(67)57-55-53-51-49-47-45-43-41-39-37-29-27-25-23-21-19-17-15-13-11-9-7-2/h8,10,14,16,20,22,26,28,31-32,62-63,67H,6-7,9,11-13,15,17-19,21,23-25,27,29-30,33-61H2,1-5H3,(H-,65,68,69,70)/b10-8-,16-14-,22-20-,28-26-,32-31-. The van der Waals surface area contributed by atoms with Crippen LogP contribution in [0.1, 0.15) is 290 Å². The van der Waals surface area contributed by atoms with E-state index in [2.05, 4.69) is 79.9 Å². The molecule has 0 aliphatic heterocycles. The van der Waals surface area contributed by atoms with Gasteiger partial charge in [-0.1, -0.05) is 286 Å². The first kappa shape index (κ1) is 71.2. The molecule has 0 rings (SSSR count). The van der Waals surface area contributed by atoms with Crippen LogP contribution in [0.3, 0.4) is 0 Å². The van der Waals surface area contributed by atoms with Crippen LogP contribution < -0.4 is 10.2 Å². The van der Waals surface area contributed by atoms with E-state index in [4.69, 9.17) is 9.05 Å². The van der Waals surface area contributed by atoms with Crippen molar-refractivity contribution in [2.45, 2.75) is 302 Å². The van der Waals surface area contributed by atoms with Gasteiger partial charge >= 0.3 is 0 Å². The summed E-state index contributed by atoms with van der Waals surface area (Å²) in [5.41, 5.74) is 0. The van der Waals surface area contributed by atoms with Crippen molar-refractivity contribution >= 4 is 13.7 Å².